The first-order valence-electron chi connectivity index (χ1n) is 8.55. The lowest BCUT2D eigenvalue weighted by Crippen LogP contribution is -2.63. The molecule has 25 heavy (non-hydrogen) atoms. The highest BCUT2D eigenvalue weighted by molar-refractivity contribution is 5.47. The second-order valence-electron chi connectivity index (χ2n) is 6.46. The van der Waals surface area contributed by atoms with Gasteiger partial charge in [0.25, 0.3) is 0 Å². The molecule has 5 heterocycles. The van der Waals surface area contributed by atoms with Crippen molar-refractivity contribution < 1.29 is 0 Å². The summed E-state index contributed by atoms with van der Waals surface area (Å²) in [5.74, 6) is 1.82. The molecule has 2 aliphatic rings. The van der Waals surface area contributed by atoms with Gasteiger partial charge in [0.1, 0.15) is 12.1 Å². The number of aromatic nitrogens is 6. The lowest BCUT2D eigenvalue weighted by atomic mass is 10.1. The van der Waals surface area contributed by atoms with E-state index >= 15 is 0 Å². The number of rotatable bonds is 3. The minimum Gasteiger partial charge on any atom is -0.352 e. The highest BCUT2D eigenvalue weighted by atomic mass is 15.4. The molecule has 3 aromatic heterocycles. The predicted octanol–water partition coefficient (Wildman–Crippen LogP) is -0.0749. The van der Waals surface area contributed by atoms with Crippen molar-refractivity contribution >= 4 is 17.4 Å². The SMILES string of the molecule is c1cnc(N2CCN(C3CN(c4ccc5nncn5n4)C3)CC2)nc1. The van der Waals surface area contributed by atoms with Crippen molar-refractivity contribution in [1.29, 1.82) is 0 Å². The van der Waals surface area contributed by atoms with E-state index in [0.717, 1.165) is 56.7 Å². The summed E-state index contributed by atoms with van der Waals surface area (Å²) in [5.41, 5.74) is 0.778. The summed E-state index contributed by atoms with van der Waals surface area (Å²) < 4.78 is 1.72. The van der Waals surface area contributed by atoms with Gasteiger partial charge in [-0.2, -0.15) is 4.52 Å². The lowest BCUT2D eigenvalue weighted by molar-refractivity contribution is 0.156. The zero-order valence-corrected chi connectivity index (χ0v) is 13.8. The molecule has 0 radical (unpaired) electrons. The van der Waals surface area contributed by atoms with Gasteiger partial charge in [-0.25, -0.2) is 9.97 Å². The molecule has 2 fully saturated rings. The molecular weight excluding hydrogens is 318 g/mol. The average Bonchev–Trinajstić information content (AvgIpc) is 3.10. The molecule has 0 aromatic carbocycles. The Morgan fingerprint density at radius 3 is 2.52 bits per heavy atom. The van der Waals surface area contributed by atoms with Gasteiger partial charge in [0.05, 0.1) is 0 Å². The Hall–Kier alpha value is -2.81. The molecule has 0 atom stereocenters. The van der Waals surface area contributed by atoms with Crippen LogP contribution in [0.1, 0.15) is 0 Å². The first kappa shape index (κ1) is 14.5. The summed E-state index contributed by atoms with van der Waals surface area (Å²) in [6.07, 6.45) is 5.25. The van der Waals surface area contributed by atoms with E-state index in [0.29, 0.717) is 6.04 Å². The van der Waals surface area contributed by atoms with Crippen molar-refractivity contribution in [1.82, 2.24) is 34.7 Å². The summed E-state index contributed by atoms with van der Waals surface area (Å²) in [6, 6.07) is 6.43. The van der Waals surface area contributed by atoms with E-state index in [2.05, 4.69) is 40.0 Å². The van der Waals surface area contributed by atoms with Gasteiger partial charge < -0.3 is 9.80 Å². The van der Waals surface area contributed by atoms with Crippen molar-refractivity contribution in [2.24, 2.45) is 0 Å². The van der Waals surface area contributed by atoms with Gasteiger partial charge in [-0.05, 0) is 18.2 Å². The van der Waals surface area contributed by atoms with Crippen LogP contribution in [-0.2, 0) is 0 Å². The van der Waals surface area contributed by atoms with Crippen molar-refractivity contribution in [3.8, 4) is 0 Å². The first-order valence-corrected chi connectivity index (χ1v) is 8.55. The normalized spacial score (nSPS) is 19.4. The molecule has 3 aromatic rings. The zero-order chi connectivity index (χ0) is 16.6. The van der Waals surface area contributed by atoms with Gasteiger partial charge in [-0.15, -0.1) is 15.3 Å². The van der Waals surface area contributed by atoms with E-state index in [1.807, 2.05) is 18.2 Å². The third-order valence-electron chi connectivity index (χ3n) is 5.00. The van der Waals surface area contributed by atoms with Crippen molar-refractivity contribution in [3.05, 3.63) is 36.9 Å². The molecule has 0 amide bonds. The Morgan fingerprint density at radius 1 is 0.920 bits per heavy atom. The van der Waals surface area contributed by atoms with Crippen LogP contribution in [0.5, 0.6) is 0 Å². The Bertz CT molecular complexity index is 850. The second kappa shape index (κ2) is 5.92. The van der Waals surface area contributed by atoms with E-state index in [1.165, 1.54) is 0 Å². The summed E-state index contributed by atoms with van der Waals surface area (Å²) in [6.45, 7) is 6.09. The fourth-order valence-corrected chi connectivity index (χ4v) is 3.50. The topological polar surface area (TPSA) is 78.6 Å². The van der Waals surface area contributed by atoms with Crippen LogP contribution in [0, 0.1) is 0 Å². The van der Waals surface area contributed by atoms with E-state index in [9.17, 15) is 0 Å². The molecule has 0 N–H and O–H groups in total. The Labute approximate surface area is 144 Å². The molecule has 9 heteroatoms. The maximum Gasteiger partial charge on any atom is 0.225 e. The fourth-order valence-electron chi connectivity index (χ4n) is 3.50. The van der Waals surface area contributed by atoms with Crippen LogP contribution in [0.2, 0.25) is 0 Å². The number of nitrogens with zero attached hydrogens (tertiary/aromatic N) is 9. The van der Waals surface area contributed by atoms with Crippen LogP contribution in [0.3, 0.4) is 0 Å². The summed E-state index contributed by atoms with van der Waals surface area (Å²) in [4.78, 5) is 15.8. The maximum absolute atomic E-state index is 4.56. The third-order valence-corrected chi connectivity index (χ3v) is 5.00. The molecule has 0 spiro atoms. The average molecular weight is 337 g/mol. The van der Waals surface area contributed by atoms with Crippen LogP contribution in [0.4, 0.5) is 11.8 Å². The zero-order valence-electron chi connectivity index (χ0n) is 13.8. The lowest BCUT2D eigenvalue weighted by Gasteiger charge is -2.48. The number of hydrogen-bond donors (Lipinski definition) is 0. The molecule has 0 saturated carbocycles. The van der Waals surface area contributed by atoms with Crippen LogP contribution < -0.4 is 9.80 Å². The minimum absolute atomic E-state index is 0.595. The molecule has 5 rings (SSSR count). The number of hydrogen-bond acceptors (Lipinski definition) is 8. The van der Waals surface area contributed by atoms with Crippen molar-refractivity contribution in [3.63, 3.8) is 0 Å². The highest BCUT2D eigenvalue weighted by Crippen LogP contribution is 2.23. The maximum atomic E-state index is 4.56. The monoisotopic (exact) mass is 337 g/mol. The minimum atomic E-state index is 0.595. The van der Waals surface area contributed by atoms with Gasteiger partial charge >= 0.3 is 0 Å². The predicted molar refractivity (Wildman–Crippen MR) is 92.6 cm³/mol. The molecule has 9 nitrogen and oxygen atoms in total. The van der Waals surface area contributed by atoms with Gasteiger partial charge in [0, 0.05) is 57.7 Å². The molecule has 2 saturated heterocycles. The quantitative estimate of drug-likeness (QED) is 0.657. The second-order valence-corrected chi connectivity index (χ2v) is 6.46. The molecule has 0 aliphatic carbocycles. The largest absolute Gasteiger partial charge is 0.352 e. The number of anilines is 2. The van der Waals surface area contributed by atoms with Gasteiger partial charge in [0.15, 0.2) is 5.65 Å². The van der Waals surface area contributed by atoms with E-state index in [-0.39, 0.29) is 0 Å². The van der Waals surface area contributed by atoms with Crippen LogP contribution in [-0.4, -0.2) is 80.0 Å². The van der Waals surface area contributed by atoms with Crippen molar-refractivity contribution in [2.75, 3.05) is 49.1 Å². The molecule has 0 bridgehead atoms. The van der Waals surface area contributed by atoms with E-state index in [4.69, 9.17) is 0 Å². The summed E-state index contributed by atoms with van der Waals surface area (Å²) in [7, 11) is 0. The molecule has 128 valence electrons. The standard InChI is InChI=1S/C16H19N9/c1-4-17-16(18-5-1)23-8-6-22(7-9-23)13-10-24(11-13)15-3-2-14-20-19-12-25(14)21-15/h1-5,12-13H,6-11H2. The molecule has 2 aliphatic heterocycles. The van der Waals surface area contributed by atoms with E-state index < -0.39 is 0 Å². The molecular formula is C16H19N9. The Balaban J connectivity index is 1.17. The fraction of sp³-hybridized carbons (Fsp3) is 0.438. The number of piperazine rings is 1. The van der Waals surface area contributed by atoms with Gasteiger partial charge in [-0.3, -0.25) is 4.90 Å². The Kier molecular flexibility index (Phi) is 3.44. The molecule has 0 unspecified atom stereocenters. The van der Waals surface area contributed by atoms with Crippen LogP contribution in [0.15, 0.2) is 36.9 Å². The van der Waals surface area contributed by atoms with Gasteiger partial charge in [-0.1, -0.05) is 0 Å². The summed E-state index contributed by atoms with van der Waals surface area (Å²) >= 11 is 0. The van der Waals surface area contributed by atoms with E-state index in [1.54, 1.807) is 23.2 Å². The highest BCUT2D eigenvalue weighted by Gasteiger charge is 2.34. The van der Waals surface area contributed by atoms with Crippen LogP contribution in [0.25, 0.3) is 5.65 Å². The van der Waals surface area contributed by atoms with Crippen LogP contribution >= 0.6 is 0 Å². The summed E-state index contributed by atoms with van der Waals surface area (Å²) in [5, 5.41) is 12.4. The van der Waals surface area contributed by atoms with Gasteiger partial charge in [0.2, 0.25) is 5.95 Å². The first-order chi connectivity index (χ1) is 12.4. The Morgan fingerprint density at radius 2 is 1.72 bits per heavy atom. The van der Waals surface area contributed by atoms with Crippen molar-refractivity contribution in [2.45, 2.75) is 6.04 Å². The number of fused-ring (bicyclic) bond motifs is 1. The third kappa shape index (κ3) is 2.66. The smallest absolute Gasteiger partial charge is 0.225 e.